The molecule has 0 amide bonds. The van der Waals surface area contributed by atoms with Crippen molar-refractivity contribution >= 4 is 19.8 Å². The van der Waals surface area contributed by atoms with Crippen LogP contribution in [0.2, 0.25) is 0 Å². The Labute approximate surface area is 331 Å². The lowest BCUT2D eigenvalue weighted by Crippen LogP contribution is -2.37. The van der Waals surface area contributed by atoms with Crippen LogP contribution in [0.1, 0.15) is 168 Å². The molecule has 0 aromatic rings. The molecule has 0 bridgehead atoms. The summed E-state index contributed by atoms with van der Waals surface area (Å²) in [6.45, 7) is 4.16. The van der Waals surface area contributed by atoms with Crippen LogP contribution >= 0.6 is 7.82 Å². The number of likely N-dealkylation sites (N-methyl/N-ethyl adjacent to an activating group) is 1. The Balaban J connectivity index is 4.59. The van der Waals surface area contributed by atoms with Gasteiger partial charge in [-0.3, -0.25) is 9.05 Å². The van der Waals surface area contributed by atoms with E-state index in [-0.39, 0.29) is 13.2 Å². The average Bonchev–Trinajstić information content (AvgIpc) is 3.12. The molecule has 314 valence electrons. The normalized spacial score (nSPS) is 14.1. The molecular weight excluding hydrogens is 701 g/mol. The Morgan fingerprint density at radius 3 is 1.41 bits per heavy atom. The maximum absolute atomic E-state index is 12.5. The summed E-state index contributed by atoms with van der Waals surface area (Å²) in [5, 5.41) is 0. The van der Waals surface area contributed by atoms with Crippen molar-refractivity contribution in [2.75, 3.05) is 47.5 Å². The number of carbonyl (C=O) groups is 2. The van der Waals surface area contributed by atoms with Gasteiger partial charge in [0.2, 0.25) is 0 Å². The minimum absolute atomic E-state index is 0.00253. The number of carbonyl (C=O) groups excluding carboxylic acids is 2. The fourth-order valence-corrected chi connectivity index (χ4v) is 6.40. The lowest BCUT2D eigenvalue weighted by molar-refractivity contribution is -0.870. The molecule has 0 fully saturated rings. The fourth-order valence-electron chi connectivity index (χ4n) is 5.66. The Morgan fingerprint density at radius 1 is 0.574 bits per heavy atom. The van der Waals surface area contributed by atoms with Gasteiger partial charge in [0.05, 0.1) is 27.7 Å². The molecule has 0 aliphatic rings. The number of phosphoric acid groups is 1. The van der Waals surface area contributed by atoms with Crippen molar-refractivity contribution in [3.8, 4) is 0 Å². The molecule has 0 aliphatic carbocycles. The van der Waals surface area contributed by atoms with E-state index in [2.05, 4.69) is 13.8 Å². The zero-order chi connectivity index (χ0) is 40.0. The van der Waals surface area contributed by atoms with Gasteiger partial charge in [-0.1, -0.05) is 179 Å². The SMILES string of the molecule is CCCCCCCCCCCCCC=CC=CC(=O)OC[C@H](COP(=O)(O)OCC[N+](C)(C)C)OC(=O)C=CC=CCCCCCCCCCCCCC. The summed E-state index contributed by atoms with van der Waals surface area (Å²) in [6.07, 6.45) is 42.9. The standard InChI is InChI=1S/C44H80NO8P/c1-6-8-10-12-14-16-18-20-22-24-26-28-30-32-34-36-43(46)50-40-42(41-52-54(48,49)51-39-38-45(3,4)5)53-44(47)37-35-33-31-29-27-25-23-21-19-17-15-13-11-9-7-2/h30-37,42H,6-29,38-41H2,1-5H3/p+1/t42-/m1/s1. The topological polar surface area (TPSA) is 108 Å². The van der Waals surface area contributed by atoms with E-state index in [1.54, 1.807) is 12.2 Å². The molecule has 0 heterocycles. The molecular formula is C44H81NO8P+. The zero-order valence-corrected chi connectivity index (χ0v) is 36.1. The zero-order valence-electron chi connectivity index (χ0n) is 35.2. The fraction of sp³-hybridized carbons (Fsp3) is 0.773. The number of rotatable bonds is 38. The Hall–Kier alpha value is -2.03. The van der Waals surface area contributed by atoms with Crippen LogP contribution in [0.5, 0.6) is 0 Å². The van der Waals surface area contributed by atoms with Gasteiger partial charge in [0.1, 0.15) is 19.8 Å². The molecule has 54 heavy (non-hydrogen) atoms. The van der Waals surface area contributed by atoms with Crippen LogP contribution < -0.4 is 0 Å². The summed E-state index contributed by atoms with van der Waals surface area (Å²) in [5.74, 6) is -1.30. The average molecular weight is 783 g/mol. The molecule has 2 atom stereocenters. The van der Waals surface area contributed by atoms with Crippen LogP contribution in [-0.4, -0.2) is 74.9 Å². The Morgan fingerprint density at radius 2 is 0.981 bits per heavy atom. The smallest absolute Gasteiger partial charge is 0.458 e. The van der Waals surface area contributed by atoms with Crippen molar-refractivity contribution in [2.24, 2.45) is 0 Å². The number of phosphoric ester groups is 1. The third-order valence-electron chi connectivity index (χ3n) is 9.04. The van der Waals surface area contributed by atoms with Crippen LogP contribution in [0.4, 0.5) is 0 Å². The molecule has 0 rings (SSSR count). The Bertz CT molecular complexity index is 1070. The highest BCUT2D eigenvalue weighted by Gasteiger charge is 2.26. The lowest BCUT2D eigenvalue weighted by Gasteiger charge is -2.24. The first-order valence-corrected chi connectivity index (χ1v) is 22.9. The maximum Gasteiger partial charge on any atom is 0.472 e. The highest BCUT2D eigenvalue weighted by atomic mass is 31.2. The highest BCUT2D eigenvalue weighted by Crippen LogP contribution is 2.43. The highest BCUT2D eigenvalue weighted by molar-refractivity contribution is 7.47. The van der Waals surface area contributed by atoms with E-state index in [0.717, 1.165) is 25.7 Å². The van der Waals surface area contributed by atoms with E-state index in [9.17, 15) is 19.0 Å². The van der Waals surface area contributed by atoms with Gasteiger partial charge >= 0.3 is 19.8 Å². The van der Waals surface area contributed by atoms with Gasteiger partial charge in [0, 0.05) is 12.2 Å². The first kappa shape index (κ1) is 52.0. The number of hydrogen-bond donors (Lipinski definition) is 1. The summed E-state index contributed by atoms with van der Waals surface area (Å²) < 4.78 is 33.8. The van der Waals surface area contributed by atoms with Gasteiger partial charge in [-0.2, -0.15) is 0 Å². The van der Waals surface area contributed by atoms with Crippen molar-refractivity contribution in [1.82, 2.24) is 0 Å². The van der Waals surface area contributed by atoms with Gasteiger partial charge in [-0.25, -0.2) is 14.2 Å². The number of unbranched alkanes of at least 4 members (excludes halogenated alkanes) is 22. The van der Waals surface area contributed by atoms with Crippen molar-refractivity contribution in [2.45, 2.75) is 174 Å². The van der Waals surface area contributed by atoms with Crippen LogP contribution in [0, 0.1) is 0 Å². The second-order valence-electron chi connectivity index (χ2n) is 15.5. The molecule has 0 aromatic carbocycles. The van der Waals surface area contributed by atoms with Crippen LogP contribution in [0.15, 0.2) is 48.6 Å². The largest absolute Gasteiger partial charge is 0.472 e. The number of quaternary nitrogens is 1. The summed E-state index contributed by atoms with van der Waals surface area (Å²) in [7, 11) is 1.38. The molecule has 0 saturated heterocycles. The molecule has 0 aromatic heterocycles. The van der Waals surface area contributed by atoms with Crippen molar-refractivity contribution in [1.29, 1.82) is 0 Å². The van der Waals surface area contributed by atoms with Crippen molar-refractivity contribution in [3.05, 3.63) is 48.6 Å². The predicted molar refractivity (Wildman–Crippen MR) is 224 cm³/mol. The molecule has 0 saturated carbocycles. The first-order valence-electron chi connectivity index (χ1n) is 21.4. The molecule has 0 radical (unpaired) electrons. The predicted octanol–water partition coefficient (Wildman–Crippen LogP) is 11.9. The second-order valence-corrected chi connectivity index (χ2v) is 17.0. The third-order valence-corrected chi connectivity index (χ3v) is 10.0. The number of allylic oxidation sites excluding steroid dienone is 6. The summed E-state index contributed by atoms with van der Waals surface area (Å²) in [4.78, 5) is 35.0. The second kappa shape index (κ2) is 36.6. The van der Waals surface area contributed by atoms with E-state index >= 15 is 0 Å². The van der Waals surface area contributed by atoms with Crippen LogP contribution in [0.25, 0.3) is 0 Å². The van der Waals surface area contributed by atoms with Gasteiger partial charge < -0.3 is 18.9 Å². The van der Waals surface area contributed by atoms with Gasteiger partial charge in [0.15, 0.2) is 6.10 Å². The van der Waals surface area contributed by atoms with E-state index in [1.807, 2.05) is 45.4 Å². The minimum atomic E-state index is -4.42. The van der Waals surface area contributed by atoms with Gasteiger partial charge in [-0.15, -0.1) is 0 Å². The van der Waals surface area contributed by atoms with E-state index in [4.69, 9.17) is 18.5 Å². The molecule has 0 spiro atoms. The minimum Gasteiger partial charge on any atom is -0.458 e. The Kier molecular flexibility index (Phi) is 35.2. The monoisotopic (exact) mass is 783 g/mol. The molecule has 1 unspecified atom stereocenters. The first-order chi connectivity index (χ1) is 26.0. The van der Waals surface area contributed by atoms with E-state index < -0.39 is 32.5 Å². The number of ether oxygens (including phenoxy) is 2. The lowest BCUT2D eigenvalue weighted by atomic mass is 10.1. The van der Waals surface area contributed by atoms with Gasteiger partial charge in [-0.05, 0) is 25.7 Å². The third kappa shape index (κ3) is 39.7. The van der Waals surface area contributed by atoms with Crippen LogP contribution in [-0.2, 0) is 32.7 Å². The van der Waals surface area contributed by atoms with E-state index in [1.165, 1.54) is 141 Å². The summed E-state index contributed by atoms with van der Waals surface area (Å²) in [6, 6.07) is 0. The molecule has 9 nitrogen and oxygen atoms in total. The van der Waals surface area contributed by atoms with E-state index in [0.29, 0.717) is 11.0 Å². The molecule has 0 aliphatic heterocycles. The summed E-state index contributed by atoms with van der Waals surface area (Å²) >= 11 is 0. The quantitative estimate of drug-likeness (QED) is 0.0165. The van der Waals surface area contributed by atoms with Crippen molar-refractivity contribution in [3.63, 3.8) is 0 Å². The maximum atomic E-state index is 12.5. The number of hydrogen-bond acceptors (Lipinski definition) is 7. The molecule has 1 N–H and O–H groups in total. The number of nitrogens with zero attached hydrogens (tertiary/aromatic N) is 1. The van der Waals surface area contributed by atoms with Crippen molar-refractivity contribution < 1.29 is 42.1 Å². The number of esters is 2. The summed E-state index contributed by atoms with van der Waals surface area (Å²) in [5.41, 5.74) is 0. The van der Waals surface area contributed by atoms with Crippen LogP contribution in [0.3, 0.4) is 0 Å². The van der Waals surface area contributed by atoms with Gasteiger partial charge in [0.25, 0.3) is 0 Å². The molecule has 10 heteroatoms.